The van der Waals surface area contributed by atoms with Gasteiger partial charge in [-0.1, -0.05) is 27.7 Å². The molecule has 1 rings (SSSR count). The van der Waals surface area contributed by atoms with Crippen LogP contribution >= 0.6 is 11.3 Å². The van der Waals surface area contributed by atoms with E-state index in [1.807, 2.05) is 6.92 Å². The van der Waals surface area contributed by atoms with Crippen molar-refractivity contribution in [3.05, 3.63) is 15.6 Å². The predicted molar refractivity (Wildman–Crippen MR) is 82.9 cm³/mol. The Labute approximate surface area is 121 Å². The molecular formula is C15H28N2OS. The van der Waals surface area contributed by atoms with Gasteiger partial charge in [-0.3, -0.25) is 0 Å². The Kier molecular flexibility index (Phi) is 6.43. The molecule has 0 bridgehead atoms. The van der Waals surface area contributed by atoms with Crippen molar-refractivity contribution in [1.82, 2.24) is 10.3 Å². The molecule has 110 valence electrons. The third kappa shape index (κ3) is 4.01. The Bertz CT molecular complexity index is 389. The summed E-state index contributed by atoms with van der Waals surface area (Å²) in [6.07, 6.45) is 0.951. The van der Waals surface area contributed by atoms with Crippen molar-refractivity contribution in [1.29, 1.82) is 0 Å². The zero-order valence-corrected chi connectivity index (χ0v) is 14.0. The Hall–Kier alpha value is -0.450. The number of ether oxygens (including phenoxy) is 1. The van der Waals surface area contributed by atoms with Crippen LogP contribution in [0.4, 0.5) is 0 Å². The van der Waals surface area contributed by atoms with Crippen LogP contribution in [0.25, 0.3) is 0 Å². The molecule has 0 amide bonds. The standard InChI is InChI=1S/C15H28N2OS/c1-7-15(6,18-9-3)14-17-13(11(4)5)12(19-14)10-16-8-2/h11,16H,7-10H2,1-6H3. The number of hydrogen-bond acceptors (Lipinski definition) is 4. The minimum absolute atomic E-state index is 0.243. The highest BCUT2D eigenvalue weighted by Crippen LogP contribution is 2.35. The van der Waals surface area contributed by atoms with E-state index in [9.17, 15) is 0 Å². The summed E-state index contributed by atoms with van der Waals surface area (Å²) >= 11 is 1.80. The summed E-state index contributed by atoms with van der Waals surface area (Å²) in [5.41, 5.74) is 0.980. The van der Waals surface area contributed by atoms with E-state index in [0.29, 0.717) is 5.92 Å². The van der Waals surface area contributed by atoms with E-state index in [4.69, 9.17) is 9.72 Å². The Morgan fingerprint density at radius 1 is 1.32 bits per heavy atom. The molecular weight excluding hydrogens is 256 g/mol. The monoisotopic (exact) mass is 284 g/mol. The van der Waals surface area contributed by atoms with Gasteiger partial charge in [-0.25, -0.2) is 4.98 Å². The molecule has 1 aromatic heterocycles. The topological polar surface area (TPSA) is 34.1 Å². The summed E-state index contributed by atoms with van der Waals surface area (Å²) in [6, 6.07) is 0. The van der Waals surface area contributed by atoms with Gasteiger partial charge in [0.05, 0.1) is 5.69 Å². The maximum Gasteiger partial charge on any atom is 0.125 e. The summed E-state index contributed by atoms with van der Waals surface area (Å²) in [5, 5.41) is 4.52. The van der Waals surface area contributed by atoms with Crippen molar-refractivity contribution >= 4 is 11.3 Å². The lowest BCUT2D eigenvalue weighted by Gasteiger charge is -2.25. The number of aromatic nitrogens is 1. The van der Waals surface area contributed by atoms with Gasteiger partial charge in [-0.05, 0) is 32.7 Å². The molecule has 0 saturated carbocycles. The van der Waals surface area contributed by atoms with Crippen LogP contribution in [-0.2, 0) is 16.9 Å². The van der Waals surface area contributed by atoms with Gasteiger partial charge in [0.2, 0.25) is 0 Å². The molecule has 1 atom stereocenters. The van der Waals surface area contributed by atoms with E-state index in [0.717, 1.165) is 31.1 Å². The molecule has 4 heteroatoms. The molecule has 0 aromatic carbocycles. The van der Waals surface area contributed by atoms with Crippen LogP contribution in [0, 0.1) is 0 Å². The maximum absolute atomic E-state index is 5.94. The SMILES string of the molecule is CCNCc1sc(C(C)(CC)OCC)nc1C(C)C. The maximum atomic E-state index is 5.94. The quantitative estimate of drug-likeness (QED) is 0.782. The van der Waals surface area contributed by atoms with E-state index in [1.165, 1.54) is 10.6 Å². The van der Waals surface area contributed by atoms with Crippen LogP contribution < -0.4 is 5.32 Å². The van der Waals surface area contributed by atoms with Gasteiger partial charge < -0.3 is 10.1 Å². The van der Waals surface area contributed by atoms with Crippen molar-refractivity contribution in [3.8, 4) is 0 Å². The first kappa shape index (κ1) is 16.6. The van der Waals surface area contributed by atoms with Crippen LogP contribution in [-0.4, -0.2) is 18.1 Å². The molecule has 0 radical (unpaired) electrons. The first-order valence-electron chi connectivity index (χ1n) is 7.33. The number of nitrogens with one attached hydrogen (secondary N) is 1. The number of thiazole rings is 1. The van der Waals surface area contributed by atoms with Crippen LogP contribution in [0.2, 0.25) is 0 Å². The fourth-order valence-corrected chi connectivity index (χ4v) is 3.40. The molecule has 0 aliphatic heterocycles. The molecule has 1 unspecified atom stereocenters. The summed E-state index contributed by atoms with van der Waals surface area (Å²) in [5.74, 6) is 0.460. The zero-order valence-electron chi connectivity index (χ0n) is 13.2. The molecule has 3 nitrogen and oxygen atoms in total. The van der Waals surface area contributed by atoms with E-state index >= 15 is 0 Å². The van der Waals surface area contributed by atoms with Gasteiger partial charge in [0, 0.05) is 18.0 Å². The van der Waals surface area contributed by atoms with Crippen LogP contribution in [0.15, 0.2) is 0 Å². The zero-order chi connectivity index (χ0) is 14.5. The summed E-state index contributed by atoms with van der Waals surface area (Å²) in [6.45, 7) is 15.5. The second-order valence-electron chi connectivity index (χ2n) is 5.28. The van der Waals surface area contributed by atoms with Crippen LogP contribution in [0.1, 0.15) is 69.5 Å². The van der Waals surface area contributed by atoms with Gasteiger partial charge in [0.25, 0.3) is 0 Å². The highest BCUT2D eigenvalue weighted by Gasteiger charge is 2.30. The van der Waals surface area contributed by atoms with Gasteiger partial charge in [0.1, 0.15) is 10.6 Å². The Balaban J connectivity index is 3.08. The van der Waals surface area contributed by atoms with E-state index in [2.05, 4.69) is 39.9 Å². The summed E-state index contributed by atoms with van der Waals surface area (Å²) in [7, 11) is 0. The highest BCUT2D eigenvalue weighted by molar-refractivity contribution is 7.11. The molecule has 1 aromatic rings. The lowest BCUT2D eigenvalue weighted by molar-refractivity contribution is -0.0325. The second-order valence-corrected chi connectivity index (χ2v) is 6.36. The van der Waals surface area contributed by atoms with Gasteiger partial charge in [0.15, 0.2) is 0 Å². The third-order valence-electron chi connectivity index (χ3n) is 3.40. The molecule has 19 heavy (non-hydrogen) atoms. The van der Waals surface area contributed by atoms with Crippen molar-refractivity contribution in [2.24, 2.45) is 0 Å². The molecule has 0 aliphatic carbocycles. The summed E-state index contributed by atoms with van der Waals surface area (Å²) in [4.78, 5) is 6.23. The third-order valence-corrected chi connectivity index (χ3v) is 4.72. The smallest absolute Gasteiger partial charge is 0.125 e. The highest BCUT2D eigenvalue weighted by atomic mass is 32.1. The molecule has 0 fully saturated rings. The Morgan fingerprint density at radius 2 is 2.00 bits per heavy atom. The molecule has 1 N–H and O–H groups in total. The lowest BCUT2D eigenvalue weighted by atomic mass is 10.0. The largest absolute Gasteiger partial charge is 0.368 e. The molecule has 0 spiro atoms. The number of nitrogens with zero attached hydrogens (tertiary/aromatic N) is 1. The number of hydrogen-bond donors (Lipinski definition) is 1. The van der Waals surface area contributed by atoms with Crippen molar-refractivity contribution in [3.63, 3.8) is 0 Å². The average molecular weight is 284 g/mol. The average Bonchev–Trinajstić information content (AvgIpc) is 2.81. The van der Waals surface area contributed by atoms with Crippen molar-refractivity contribution in [2.75, 3.05) is 13.2 Å². The normalized spacial score (nSPS) is 14.9. The number of rotatable bonds is 8. The fraction of sp³-hybridized carbons (Fsp3) is 0.800. The molecule has 0 aliphatic rings. The first-order chi connectivity index (χ1) is 8.98. The van der Waals surface area contributed by atoms with Gasteiger partial charge in [-0.15, -0.1) is 11.3 Å². The van der Waals surface area contributed by atoms with Gasteiger partial charge >= 0.3 is 0 Å². The molecule has 0 saturated heterocycles. The van der Waals surface area contributed by atoms with Crippen LogP contribution in [0.5, 0.6) is 0 Å². The lowest BCUT2D eigenvalue weighted by Crippen LogP contribution is -2.24. The minimum atomic E-state index is -0.243. The first-order valence-corrected chi connectivity index (χ1v) is 8.14. The molecule has 1 heterocycles. The van der Waals surface area contributed by atoms with Crippen molar-refractivity contribution < 1.29 is 4.74 Å². The Morgan fingerprint density at radius 3 is 2.47 bits per heavy atom. The van der Waals surface area contributed by atoms with E-state index < -0.39 is 0 Å². The van der Waals surface area contributed by atoms with E-state index in [1.54, 1.807) is 11.3 Å². The fourth-order valence-electron chi connectivity index (χ4n) is 2.04. The summed E-state index contributed by atoms with van der Waals surface area (Å²) < 4.78 is 5.94. The second kappa shape index (κ2) is 7.36. The van der Waals surface area contributed by atoms with Gasteiger partial charge in [-0.2, -0.15) is 0 Å². The minimum Gasteiger partial charge on any atom is -0.368 e. The van der Waals surface area contributed by atoms with E-state index in [-0.39, 0.29) is 5.60 Å². The van der Waals surface area contributed by atoms with Crippen LogP contribution in [0.3, 0.4) is 0 Å². The van der Waals surface area contributed by atoms with Crippen molar-refractivity contribution in [2.45, 2.75) is 66.0 Å². The predicted octanol–water partition coefficient (Wildman–Crippen LogP) is 4.04.